The van der Waals surface area contributed by atoms with E-state index in [9.17, 15) is 9.59 Å². The normalized spacial score (nSPS) is 17.4. The molecule has 0 aliphatic carbocycles. The molecule has 36 heavy (non-hydrogen) atoms. The van der Waals surface area contributed by atoms with Crippen molar-refractivity contribution in [2.45, 2.75) is 13.0 Å². The van der Waals surface area contributed by atoms with Gasteiger partial charge in [-0.2, -0.15) is 0 Å². The van der Waals surface area contributed by atoms with E-state index >= 15 is 0 Å². The Kier molecular flexibility index (Phi) is 7.67. The Labute approximate surface area is 210 Å². The highest BCUT2D eigenvalue weighted by Gasteiger charge is 2.22. The number of carbonyl (C=O) groups excluding carboxylic acids is 1. The number of piperazine rings is 2. The van der Waals surface area contributed by atoms with Crippen LogP contribution in [0.4, 0.5) is 10.7 Å². The van der Waals surface area contributed by atoms with E-state index in [4.69, 9.17) is 0 Å². The fourth-order valence-corrected chi connectivity index (χ4v) is 4.77. The number of hydrogen-bond acceptors (Lipinski definition) is 8. The van der Waals surface area contributed by atoms with Crippen molar-refractivity contribution in [3.63, 3.8) is 0 Å². The third-order valence-electron chi connectivity index (χ3n) is 6.83. The molecule has 0 spiro atoms. The number of nitrogens with zero attached hydrogens (tertiary/aromatic N) is 7. The Morgan fingerprint density at radius 1 is 0.917 bits per heavy atom. The molecule has 2 fully saturated rings. The van der Waals surface area contributed by atoms with Crippen LogP contribution in [0.25, 0.3) is 10.9 Å². The predicted molar refractivity (Wildman–Crippen MR) is 138 cm³/mol. The molecule has 3 aromatic rings. The molecule has 11 nitrogen and oxygen atoms in total. The molecule has 2 aliphatic rings. The lowest BCUT2D eigenvalue weighted by atomic mass is 10.2. The summed E-state index contributed by atoms with van der Waals surface area (Å²) in [5.74, 6) is 1.46. The molecule has 2 aliphatic heterocycles. The number of amides is 2. The first-order valence-corrected chi connectivity index (χ1v) is 12.6. The van der Waals surface area contributed by atoms with Crippen molar-refractivity contribution in [1.29, 1.82) is 0 Å². The van der Waals surface area contributed by atoms with E-state index in [2.05, 4.69) is 40.0 Å². The lowest BCUT2D eigenvalue weighted by Gasteiger charge is -2.35. The summed E-state index contributed by atoms with van der Waals surface area (Å²) >= 11 is 0. The number of anilines is 1. The second kappa shape index (κ2) is 11.4. The molecule has 2 aromatic heterocycles. The van der Waals surface area contributed by atoms with Crippen LogP contribution in [0.15, 0.2) is 47.5 Å². The summed E-state index contributed by atoms with van der Waals surface area (Å²) in [6.07, 6.45) is 4.48. The zero-order chi connectivity index (χ0) is 24.7. The van der Waals surface area contributed by atoms with Crippen LogP contribution in [-0.4, -0.2) is 106 Å². The Hall–Kier alpha value is -3.57. The van der Waals surface area contributed by atoms with Gasteiger partial charge in [-0.1, -0.05) is 12.1 Å². The highest BCUT2D eigenvalue weighted by atomic mass is 16.2. The molecule has 2 N–H and O–H groups in total. The average molecular weight is 492 g/mol. The largest absolute Gasteiger partial charge is 0.338 e. The first-order chi connectivity index (χ1) is 17.7. The van der Waals surface area contributed by atoms with E-state index in [0.717, 1.165) is 58.2 Å². The lowest BCUT2D eigenvalue weighted by Crippen LogP contribution is -2.52. The summed E-state index contributed by atoms with van der Waals surface area (Å²) in [4.78, 5) is 49.8. The quantitative estimate of drug-likeness (QED) is 0.466. The van der Waals surface area contributed by atoms with Gasteiger partial charge < -0.3 is 20.1 Å². The third-order valence-corrected chi connectivity index (χ3v) is 6.83. The fraction of sp³-hybridized carbons (Fsp3) is 0.480. The van der Waals surface area contributed by atoms with Crippen LogP contribution in [0.1, 0.15) is 12.2 Å². The van der Waals surface area contributed by atoms with Gasteiger partial charge in [-0.25, -0.2) is 19.7 Å². The second-order valence-corrected chi connectivity index (χ2v) is 9.26. The molecule has 4 heterocycles. The Balaban J connectivity index is 0.986. The molecular formula is C25H33N9O2. The molecule has 0 atom stereocenters. The summed E-state index contributed by atoms with van der Waals surface area (Å²) in [6.45, 7) is 8.82. The minimum Gasteiger partial charge on any atom is -0.338 e. The molecule has 1 aromatic carbocycles. The van der Waals surface area contributed by atoms with Gasteiger partial charge in [-0.05, 0) is 31.2 Å². The van der Waals surface area contributed by atoms with Crippen molar-refractivity contribution in [3.8, 4) is 0 Å². The maximum absolute atomic E-state index is 12.6. The van der Waals surface area contributed by atoms with Crippen LogP contribution in [0.2, 0.25) is 0 Å². The van der Waals surface area contributed by atoms with E-state index in [1.54, 1.807) is 18.5 Å². The summed E-state index contributed by atoms with van der Waals surface area (Å²) in [5.41, 5.74) is 0.599. The summed E-state index contributed by atoms with van der Waals surface area (Å²) in [7, 11) is 0. The van der Waals surface area contributed by atoms with Crippen LogP contribution in [0.3, 0.4) is 0 Å². The van der Waals surface area contributed by atoms with E-state index in [0.29, 0.717) is 42.9 Å². The van der Waals surface area contributed by atoms with Gasteiger partial charge in [0, 0.05) is 71.3 Å². The zero-order valence-electron chi connectivity index (χ0n) is 20.5. The number of nitrogens with one attached hydrogen (secondary N) is 2. The number of rotatable bonds is 7. The molecule has 0 radical (unpaired) electrons. The Morgan fingerprint density at radius 3 is 2.42 bits per heavy atom. The van der Waals surface area contributed by atoms with E-state index < -0.39 is 0 Å². The SMILES string of the molecule is O=C(NCCCN1CCN(c2ncccn2)CC1)N1CCN(Cc2nc3ccccc3c(=O)[nH]2)CC1. The van der Waals surface area contributed by atoms with Gasteiger partial charge in [0.25, 0.3) is 5.56 Å². The number of H-pyrrole nitrogens is 1. The zero-order valence-corrected chi connectivity index (χ0v) is 20.5. The molecular weight excluding hydrogens is 458 g/mol. The van der Waals surface area contributed by atoms with Gasteiger partial charge in [0.1, 0.15) is 5.82 Å². The molecule has 0 unspecified atom stereocenters. The smallest absolute Gasteiger partial charge is 0.317 e. The highest BCUT2D eigenvalue weighted by Crippen LogP contribution is 2.11. The third kappa shape index (κ3) is 5.97. The number of fused-ring (bicyclic) bond motifs is 1. The maximum atomic E-state index is 12.6. The van der Waals surface area contributed by atoms with Crippen LogP contribution >= 0.6 is 0 Å². The molecule has 190 valence electrons. The number of hydrogen-bond donors (Lipinski definition) is 2. The van der Waals surface area contributed by atoms with Gasteiger partial charge in [0.15, 0.2) is 0 Å². The number of carbonyl (C=O) groups is 1. The number of aromatic amines is 1. The average Bonchev–Trinajstić information content (AvgIpc) is 2.92. The van der Waals surface area contributed by atoms with Gasteiger partial charge >= 0.3 is 6.03 Å². The maximum Gasteiger partial charge on any atom is 0.317 e. The van der Waals surface area contributed by atoms with Crippen molar-refractivity contribution in [2.24, 2.45) is 0 Å². The number of para-hydroxylation sites is 1. The van der Waals surface area contributed by atoms with Gasteiger partial charge in [-0.3, -0.25) is 14.6 Å². The lowest BCUT2D eigenvalue weighted by molar-refractivity contribution is 0.133. The first kappa shape index (κ1) is 24.1. The molecule has 0 saturated carbocycles. The standard InChI is InChI=1S/C25H33N9O2/c35-23-20-5-1-2-6-21(20)29-22(30-23)19-32-13-17-34(18-14-32)25(36)28-9-4-10-31-11-15-33(16-12-31)24-26-7-3-8-27-24/h1-3,5-8H,4,9-19H2,(H,28,36)(H,29,30,35). The molecule has 0 bridgehead atoms. The van der Waals surface area contributed by atoms with Crippen molar-refractivity contribution in [3.05, 3.63) is 58.9 Å². The molecule has 2 saturated heterocycles. The molecule has 11 heteroatoms. The van der Waals surface area contributed by atoms with E-state index in [1.165, 1.54) is 0 Å². The fourth-order valence-electron chi connectivity index (χ4n) is 4.77. The summed E-state index contributed by atoms with van der Waals surface area (Å²) in [6, 6.07) is 9.20. The highest BCUT2D eigenvalue weighted by molar-refractivity contribution is 5.77. The summed E-state index contributed by atoms with van der Waals surface area (Å²) in [5, 5.41) is 3.67. The van der Waals surface area contributed by atoms with Crippen molar-refractivity contribution < 1.29 is 4.79 Å². The molecule has 5 rings (SSSR count). The minimum absolute atomic E-state index is 0.00191. The van der Waals surface area contributed by atoms with Gasteiger partial charge in [-0.15, -0.1) is 0 Å². The predicted octanol–water partition coefficient (Wildman–Crippen LogP) is 0.753. The summed E-state index contributed by atoms with van der Waals surface area (Å²) < 4.78 is 0. The van der Waals surface area contributed by atoms with Crippen molar-refractivity contribution in [2.75, 3.05) is 70.3 Å². The first-order valence-electron chi connectivity index (χ1n) is 12.6. The Morgan fingerprint density at radius 2 is 1.64 bits per heavy atom. The van der Waals surface area contributed by atoms with Crippen LogP contribution in [0.5, 0.6) is 0 Å². The van der Waals surface area contributed by atoms with E-state index in [-0.39, 0.29) is 11.6 Å². The number of benzene rings is 1. The van der Waals surface area contributed by atoms with Crippen molar-refractivity contribution in [1.82, 2.24) is 40.0 Å². The van der Waals surface area contributed by atoms with Crippen LogP contribution < -0.4 is 15.8 Å². The van der Waals surface area contributed by atoms with Crippen LogP contribution in [-0.2, 0) is 6.54 Å². The van der Waals surface area contributed by atoms with Gasteiger partial charge in [0.05, 0.1) is 17.4 Å². The monoisotopic (exact) mass is 491 g/mol. The molecule has 2 amide bonds. The number of urea groups is 1. The van der Waals surface area contributed by atoms with E-state index in [1.807, 2.05) is 29.2 Å². The van der Waals surface area contributed by atoms with Crippen LogP contribution in [0, 0.1) is 0 Å². The van der Waals surface area contributed by atoms with Gasteiger partial charge in [0.2, 0.25) is 5.95 Å². The number of aromatic nitrogens is 4. The Bertz CT molecular complexity index is 1200. The topological polar surface area (TPSA) is 114 Å². The minimum atomic E-state index is -0.110. The van der Waals surface area contributed by atoms with Crippen molar-refractivity contribution >= 4 is 22.9 Å². The second-order valence-electron chi connectivity index (χ2n) is 9.26.